The first kappa shape index (κ1) is 10.4. The second kappa shape index (κ2) is 3.57. The molecular weight excluding hydrogens is 184 g/mol. The maximum absolute atomic E-state index is 11.4. The molecule has 1 heterocycles. The second-order valence-corrected chi connectivity index (χ2v) is 3.38. The number of nitrogens with one attached hydrogen (secondary N) is 2. The summed E-state index contributed by atoms with van der Waals surface area (Å²) < 4.78 is 0.931. The Balaban J connectivity index is 3.34. The zero-order valence-corrected chi connectivity index (χ0v) is 8.42. The van der Waals surface area contributed by atoms with Crippen molar-refractivity contribution >= 4 is 11.5 Å². The van der Waals surface area contributed by atoms with Gasteiger partial charge in [0.25, 0.3) is 5.56 Å². The van der Waals surface area contributed by atoms with Gasteiger partial charge in [0.2, 0.25) is 0 Å². The summed E-state index contributed by atoms with van der Waals surface area (Å²) in [7, 11) is 1.37. The number of aromatic amines is 1. The summed E-state index contributed by atoms with van der Waals surface area (Å²) in [4.78, 5) is 25.1. The molecule has 0 saturated carbocycles. The molecular formula is C8H14N4O2. The highest BCUT2D eigenvalue weighted by atomic mass is 16.2. The number of nitrogens with zero attached hydrogens (tertiary/aromatic N) is 1. The van der Waals surface area contributed by atoms with E-state index in [2.05, 4.69) is 10.3 Å². The van der Waals surface area contributed by atoms with E-state index in [-0.39, 0.29) is 17.5 Å². The molecule has 78 valence electrons. The molecule has 1 aromatic heterocycles. The predicted octanol–water partition coefficient (Wildman–Crippen LogP) is -0.524. The quantitative estimate of drug-likeness (QED) is 0.596. The molecule has 0 atom stereocenters. The third-order valence-corrected chi connectivity index (χ3v) is 1.77. The fourth-order valence-electron chi connectivity index (χ4n) is 1.04. The molecule has 6 heteroatoms. The van der Waals surface area contributed by atoms with Crippen LogP contribution < -0.4 is 22.3 Å². The van der Waals surface area contributed by atoms with E-state index in [1.165, 1.54) is 7.05 Å². The van der Waals surface area contributed by atoms with Gasteiger partial charge in [-0.15, -0.1) is 0 Å². The molecule has 0 radical (unpaired) electrons. The Kier molecular flexibility index (Phi) is 2.64. The number of nitrogen functional groups attached to an aromatic ring is 1. The summed E-state index contributed by atoms with van der Waals surface area (Å²) in [6, 6.07) is 0.0973. The van der Waals surface area contributed by atoms with E-state index < -0.39 is 11.2 Å². The lowest BCUT2D eigenvalue weighted by Crippen LogP contribution is -2.35. The number of rotatable bonds is 2. The standard InChI is InChI=1S/C8H14N4O2/c1-4(2)10-6-5(9)7(13)12(3)8(14)11-6/h4,10H,9H2,1-3H3,(H,11,14). The summed E-state index contributed by atoms with van der Waals surface area (Å²) in [5, 5.41) is 2.89. The minimum absolute atomic E-state index is 0.0285. The molecule has 1 rings (SSSR count). The average Bonchev–Trinajstić information content (AvgIpc) is 2.10. The van der Waals surface area contributed by atoms with Crippen LogP contribution in [0.1, 0.15) is 13.8 Å². The van der Waals surface area contributed by atoms with Gasteiger partial charge >= 0.3 is 5.69 Å². The van der Waals surface area contributed by atoms with Crippen molar-refractivity contribution in [1.29, 1.82) is 0 Å². The maximum atomic E-state index is 11.4. The van der Waals surface area contributed by atoms with Crippen LogP contribution in [0.4, 0.5) is 11.5 Å². The fourth-order valence-corrected chi connectivity index (χ4v) is 1.04. The van der Waals surface area contributed by atoms with Gasteiger partial charge in [-0.2, -0.15) is 0 Å². The zero-order chi connectivity index (χ0) is 10.9. The lowest BCUT2D eigenvalue weighted by molar-refractivity contribution is 0.773. The first-order valence-corrected chi connectivity index (χ1v) is 4.28. The molecule has 0 aliphatic heterocycles. The lowest BCUT2D eigenvalue weighted by atomic mass is 10.3. The Morgan fingerprint density at radius 3 is 2.50 bits per heavy atom. The van der Waals surface area contributed by atoms with E-state index in [1.54, 1.807) is 0 Å². The molecule has 0 amide bonds. The number of hydrogen-bond donors (Lipinski definition) is 3. The number of hydrogen-bond acceptors (Lipinski definition) is 4. The van der Waals surface area contributed by atoms with Gasteiger partial charge in [0.1, 0.15) is 11.5 Å². The normalized spacial score (nSPS) is 10.6. The number of H-pyrrole nitrogens is 1. The molecule has 14 heavy (non-hydrogen) atoms. The van der Waals surface area contributed by atoms with Crippen molar-refractivity contribution in [2.45, 2.75) is 19.9 Å². The van der Waals surface area contributed by atoms with E-state index in [0.29, 0.717) is 0 Å². The molecule has 4 N–H and O–H groups in total. The highest BCUT2D eigenvalue weighted by Gasteiger charge is 2.08. The summed E-state index contributed by atoms with van der Waals surface area (Å²) >= 11 is 0. The summed E-state index contributed by atoms with van der Waals surface area (Å²) in [6.07, 6.45) is 0. The molecule has 0 fully saturated rings. The molecule has 0 aliphatic rings. The van der Waals surface area contributed by atoms with Gasteiger partial charge in [-0.1, -0.05) is 0 Å². The molecule has 0 spiro atoms. The van der Waals surface area contributed by atoms with Crippen LogP contribution in [0.25, 0.3) is 0 Å². The first-order chi connectivity index (χ1) is 6.43. The molecule has 0 aromatic carbocycles. The lowest BCUT2D eigenvalue weighted by Gasteiger charge is -2.11. The van der Waals surface area contributed by atoms with Gasteiger partial charge in [0.15, 0.2) is 0 Å². The largest absolute Gasteiger partial charge is 0.391 e. The van der Waals surface area contributed by atoms with Crippen molar-refractivity contribution in [3.05, 3.63) is 20.8 Å². The van der Waals surface area contributed by atoms with Crippen molar-refractivity contribution in [1.82, 2.24) is 9.55 Å². The van der Waals surface area contributed by atoms with Crippen LogP contribution in [0.3, 0.4) is 0 Å². The van der Waals surface area contributed by atoms with Gasteiger partial charge in [-0.25, -0.2) is 4.79 Å². The van der Waals surface area contributed by atoms with Crippen molar-refractivity contribution in [2.75, 3.05) is 11.1 Å². The van der Waals surface area contributed by atoms with E-state index in [1.807, 2.05) is 13.8 Å². The molecule has 1 aromatic rings. The van der Waals surface area contributed by atoms with Gasteiger partial charge < -0.3 is 11.1 Å². The van der Waals surface area contributed by atoms with Crippen LogP contribution in [0.2, 0.25) is 0 Å². The Hall–Kier alpha value is -1.72. The minimum Gasteiger partial charge on any atom is -0.391 e. The first-order valence-electron chi connectivity index (χ1n) is 4.28. The van der Waals surface area contributed by atoms with E-state index >= 15 is 0 Å². The Bertz CT molecular complexity index is 444. The van der Waals surface area contributed by atoms with Crippen LogP contribution in [0.5, 0.6) is 0 Å². The number of anilines is 2. The van der Waals surface area contributed by atoms with Crippen LogP contribution in [-0.2, 0) is 7.05 Å². The van der Waals surface area contributed by atoms with Crippen LogP contribution >= 0.6 is 0 Å². The van der Waals surface area contributed by atoms with Crippen LogP contribution in [0, 0.1) is 0 Å². The van der Waals surface area contributed by atoms with E-state index in [9.17, 15) is 9.59 Å². The van der Waals surface area contributed by atoms with E-state index in [0.717, 1.165) is 4.57 Å². The smallest absolute Gasteiger partial charge is 0.329 e. The van der Waals surface area contributed by atoms with Gasteiger partial charge in [0.05, 0.1) is 0 Å². The summed E-state index contributed by atoms with van der Waals surface area (Å²) in [5.41, 5.74) is 4.59. The monoisotopic (exact) mass is 198 g/mol. The molecule has 0 bridgehead atoms. The second-order valence-electron chi connectivity index (χ2n) is 3.38. The predicted molar refractivity (Wildman–Crippen MR) is 55.5 cm³/mol. The van der Waals surface area contributed by atoms with Crippen LogP contribution in [-0.4, -0.2) is 15.6 Å². The fraction of sp³-hybridized carbons (Fsp3) is 0.500. The highest BCUT2D eigenvalue weighted by Crippen LogP contribution is 2.07. The molecule has 0 saturated heterocycles. The number of aromatic nitrogens is 2. The van der Waals surface area contributed by atoms with Gasteiger partial charge in [0, 0.05) is 13.1 Å². The summed E-state index contributed by atoms with van der Waals surface area (Å²) in [5.74, 6) is 0.285. The third kappa shape index (κ3) is 1.78. The van der Waals surface area contributed by atoms with Gasteiger partial charge in [-0.05, 0) is 13.8 Å². The molecule has 0 aliphatic carbocycles. The maximum Gasteiger partial charge on any atom is 0.329 e. The minimum atomic E-state index is -0.489. The van der Waals surface area contributed by atoms with Crippen molar-refractivity contribution < 1.29 is 0 Å². The van der Waals surface area contributed by atoms with Gasteiger partial charge in [-0.3, -0.25) is 14.3 Å². The average molecular weight is 198 g/mol. The molecule has 0 unspecified atom stereocenters. The summed E-state index contributed by atoms with van der Waals surface area (Å²) in [6.45, 7) is 3.77. The Labute approximate surface area is 80.8 Å². The van der Waals surface area contributed by atoms with E-state index in [4.69, 9.17) is 5.73 Å². The zero-order valence-electron chi connectivity index (χ0n) is 8.42. The van der Waals surface area contributed by atoms with Crippen LogP contribution in [0.15, 0.2) is 9.59 Å². The SMILES string of the molecule is CC(C)Nc1[nH]c(=O)n(C)c(=O)c1N. The van der Waals surface area contributed by atoms with Crippen molar-refractivity contribution in [3.63, 3.8) is 0 Å². The third-order valence-electron chi connectivity index (χ3n) is 1.77. The van der Waals surface area contributed by atoms with Crippen molar-refractivity contribution in [3.8, 4) is 0 Å². The highest BCUT2D eigenvalue weighted by molar-refractivity contribution is 5.59. The Morgan fingerprint density at radius 1 is 1.43 bits per heavy atom. The molecule has 6 nitrogen and oxygen atoms in total. The number of nitrogens with two attached hydrogens (primary N) is 1. The Morgan fingerprint density at radius 2 is 2.00 bits per heavy atom. The van der Waals surface area contributed by atoms with Crippen molar-refractivity contribution in [2.24, 2.45) is 7.05 Å². The topological polar surface area (TPSA) is 92.9 Å².